The summed E-state index contributed by atoms with van der Waals surface area (Å²) < 4.78 is 0. The van der Waals surface area contributed by atoms with Crippen LogP contribution in [-0.2, 0) is 9.59 Å². The Kier molecular flexibility index (Phi) is 7.10. The molecule has 3 aliphatic heterocycles. The minimum atomic E-state index is 0.107. The molecular weight excluding hydrogens is 422 g/mol. The molecule has 5 heteroatoms. The van der Waals surface area contributed by atoms with Crippen LogP contribution in [0.2, 0.25) is 0 Å². The predicted octanol–water partition coefficient (Wildman–Crippen LogP) is 4.03. The van der Waals surface area contributed by atoms with Crippen molar-refractivity contribution < 1.29 is 9.59 Å². The lowest BCUT2D eigenvalue weighted by molar-refractivity contribution is -0.143. The lowest BCUT2D eigenvalue weighted by Crippen LogP contribution is -2.57. The number of hydrogen-bond acceptors (Lipinski definition) is 3. The summed E-state index contributed by atoms with van der Waals surface area (Å²) in [6, 6.07) is 20.9. The van der Waals surface area contributed by atoms with Gasteiger partial charge in [-0.1, -0.05) is 72.8 Å². The summed E-state index contributed by atoms with van der Waals surface area (Å²) >= 11 is 0. The lowest BCUT2D eigenvalue weighted by atomic mass is 9.83. The fourth-order valence-corrected chi connectivity index (χ4v) is 5.98. The van der Waals surface area contributed by atoms with Gasteiger partial charge in [0, 0.05) is 51.1 Å². The molecule has 0 aliphatic carbocycles. The minimum absolute atomic E-state index is 0.107. The topological polar surface area (TPSA) is 43.9 Å². The zero-order chi connectivity index (χ0) is 23.3. The first-order valence-corrected chi connectivity index (χ1v) is 12.7. The molecule has 3 fully saturated rings. The maximum atomic E-state index is 13.3. The van der Waals surface area contributed by atoms with Crippen molar-refractivity contribution in [1.82, 2.24) is 14.7 Å². The molecule has 2 aromatic rings. The van der Waals surface area contributed by atoms with Crippen LogP contribution >= 0.6 is 0 Å². The number of piperidine rings is 2. The fourth-order valence-electron chi connectivity index (χ4n) is 5.98. The van der Waals surface area contributed by atoms with Crippen LogP contribution < -0.4 is 0 Å². The summed E-state index contributed by atoms with van der Waals surface area (Å²) in [7, 11) is 0. The zero-order valence-electron chi connectivity index (χ0n) is 19.9. The normalized spacial score (nSPS) is 25.6. The highest BCUT2D eigenvalue weighted by molar-refractivity contribution is 5.87. The van der Waals surface area contributed by atoms with Crippen molar-refractivity contribution in [1.29, 1.82) is 0 Å². The van der Waals surface area contributed by atoms with Crippen LogP contribution in [0.1, 0.15) is 42.7 Å². The van der Waals surface area contributed by atoms with E-state index in [0.29, 0.717) is 24.9 Å². The summed E-state index contributed by atoms with van der Waals surface area (Å²) in [4.78, 5) is 32.4. The Morgan fingerprint density at radius 2 is 1.71 bits per heavy atom. The van der Waals surface area contributed by atoms with Crippen molar-refractivity contribution in [2.45, 2.75) is 37.6 Å². The molecule has 3 heterocycles. The average Bonchev–Trinajstić information content (AvgIpc) is 3.24. The summed E-state index contributed by atoms with van der Waals surface area (Å²) in [6.07, 6.45) is 8.22. The number of amides is 2. The Bertz CT molecular complexity index is 1010. The first-order chi connectivity index (χ1) is 16.7. The average molecular weight is 458 g/mol. The summed E-state index contributed by atoms with van der Waals surface area (Å²) in [5, 5.41) is 0. The van der Waals surface area contributed by atoms with E-state index < -0.39 is 0 Å². The maximum absolute atomic E-state index is 13.3. The molecule has 3 saturated heterocycles. The highest BCUT2D eigenvalue weighted by Crippen LogP contribution is 2.32. The van der Waals surface area contributed by atoms with Crippen LogP contribution in [0.3, 0.4) is 0 Å². The molecule has 5 rings (SSSR count). The first-order valence-electron chi connectivity index (χ1n) is 12.7. The molecule has 0 unspecified atom stereocenters. The fraction of sp³-hybridized carbons (Fsp3) is 0.448. The second kappa shape index (κ2) is 10.6. The number of nitrogens with zero attached hydrogens (tertiary/aromatic N) is 3. The van der Waals surface area contributed by atoms with Crippen molar-refractivity contribution in [3.63, 3.8) is 0 Å². The molecule has 3 atom stereocenters. The Balaban J connectivity index is 1.14. The number of likely N-dealkylation sites (tertiary alicyclic amines) is 3. The Morgan fingerprint density at radius 1 is 0.941 bits per heavy atom. The van der Waals surface area contributed by atoms with Gasteiger partial charge in [0.25, 0.3) is 0 Å². The van der Waals surface area contributed by atoms with Gasteiger partial charge in [-0.2, -0.15) is 0 Å². The molecule has 0 radical (unpaired) electrons. The van der Waals surface area contributed by atoms with Gasteiger partial charge in [0.1, 0.15) is 0 Å². The second-order valence-electron chi connectivity index (χ2n) is 10.0. The van der Waals surface area contributed by atoms with E-state index >= 15 is 0 Å². The van der Waals surface area contributed by atoms with Gasteiger partial charge in [-0.15, -0.1) is 0 Å². The van der Waals surface area contributed by atoms with Crippen molar-refractivity contribution in [3.8, 4) is 0 Å². The molecular formula is C29H35N3O2. The van der Waals surface area contributed by atoms with E-state index in [0.717, 1.165) is 39.0 Å². The molecule has 3 aliphatic rings. The van der Waals surface area contributed by atoms with E-state index in [2.05, 4.69) is 58.4 Å². The molecule has 0 aromatic heterocycles. The van der Waals surface area contributed by atoms with Gasteiger partial charge in [0.05, 0.1) is 6.54 Å². The van der Waals surface area contributed by atoms with E-state index in [4.69, 9.17) is 0 Å². The van der Waals surface area contributed by atoms with Crippen LogP contribution in [0.15, 0.2) is 66.7 Å². The Hall–Kier alpha value is -2.92. The van der Waals surface area contributed by atoms with Gasteiger partial charge in [0.15, 0.2) is 0 Å². The third-order valence-corrected chi connectivity index (χ3v) is 7.76. The van der Waals surface area contributed by atoms with Crippen LogP contribution in [0, 0.1) is 5.92 Å². The van der Waals surface area contributed by atoms with Gasteiger partial charge >= 0.3 is 0 Å². The standard InChI is InChI=1S/C29H35N3O2/c33-28-19-26(24-12-5-2-6-13-24)21-31(28)22-29(34)32-17-8-14-25-20-30(18-15-27(25)32)16-7-11-23-9-3-1-4-10-23/h1-7,9-13,25-27H,8,14-22H2/b11-7+/t25-,26-,27-/m1/s1. The summed E-state index contributed by atoms with van der Waals surface area (Å²) in [5.74, 6) is 0.968. The third-order valence-electron chi connectivity index (χ3n) is 7.76. The molecule has 5 nitrogen and oxygen atoms in total. The maximum Gasteiger partial charge on any atom is 0.242 e. The Labute approximate surface area is 203 Å². The van der Waals surface area contributed by atoms with Crippen LogP contribution in [0.25, 0.3) is 6.08 Å². The molecule has 0 spiro atoms. The van der Waals surface area contributed by atoms with Gasteiger partial charge in [-0.3, -0.25) is 14.5 Å². The van der Waals surface area contributed by atoms with E-state index in [-0.39, 0.29) is 24.3 Å². The first kappa shape index (κ1) is 22.9. The van der Waals surface area contributed by atoms with Crippen molar-refractivity contribution >= 4 is 17.9 Å². The van der Waals surface area contributed by atoms with E-state index in [9.17, 15) is 9.59 Å². The van der Waals surface area contributed by atoms with Gasteiger partial charge in [-0.25, -0.2) is 0 Å². The summed E-state index contributed by atoms with van der Waals surface area (Å²) in [6.45, 7) is 4.73. The third kappa shape index (κ3) is 5.25. The summed E-state index contributed by atoms with van der Waals surface area (Å²) in [5.41, 5.74) is 2.43. The highest BCUT2D eigenvalue weighted by Gasteiger charge is 2.39. The minimum Gasteiger partial charge on any atom is -0.338 e. The molecule has 0 bridgehead atoms. The number of carbonyl (C=O) groups excluding carboxylic acids is 2. The monoisotopic (exact) mass is 457 g/mol. The number of carbonyl (C=O) groups is 2. The van der Waals surface area contributed by atoms with Gasteiger partial charge < -0.3 is 9.80 Å². The highest BCUT2D eigenvalue weighted by atomic mass is 16.2. The molecule has 178 valence electrons. The van der Waals surface area contributed by atoms with Crippen molar-refractivity contribution in [2.75, 3.05) is 39.3 Å². The predicted molar refractivity (Wildman–Crippen MR) is 135 cm³/mol. The molecule has 0 N–H and O–H groups in total. The van der Waals surface area contributed by atoms with E-state index in [1.807, 2.05) is 24.3 Å². The quantitative estimate of drug-likeness (QED) is 0.658. The van der Waals surface area contributed by atoms with Crippen molar-refractivity contribution in [2.24, 2.45) is 5.92 Å². The lowest BCUT2D eigenvalue weighted by Gasteiger charge is -2.47. The molecule has 0 saturated carbocycles. The zero-order valence-corrected chi connectivity index (χ0v) is 19.9. The van der Waals surface area contributed by atoms with Crippen LogP contribution in [0.5, 0.6) is 0 Å². The van der Waals surface area contributed by atoms with Gasteiger partial charge in [0.2, 0.25) is 11.8 Å². The number of rotatable bonds is 6. The Morgan fingerprint density at radius 3 is 2.50 bits per heavy atom. The number of fused-ring (bicyclic) bond motifs is 1. The number of hydrogen-bond donors (Lipinski definition) is 0. The van der Waals surface area contributed by atoms with Crippen LogP contribution in [0.4, 0.5) is 0 Å². The molecule has 34 heavy (non-hydrogen) atoms. The molecule has 2 amide bonds. The van der Waals surface area contributed by atoms with Gasteiger partial charge in [-0.05, 0) is 36.3 Å². The van der Waals surface area contributed by atoms with Crippen molar-refractivity contribution in [3.05, 3.63) is 77.9 Å². The van der Waals surface area contributed by atoms with E-state index in [1.165, 1.54) is 17.5 Å². The SMILES string of the molecule is O=C1C[C@@H](c2ccccc2)CN1CC(=O)N1CCC[C@@H]2CN(C/C=C/c3ccccc3)CC[C@H]21. The number of benzene rings is 2. The van der Waals surface area contributed by atoms with E-state index in [1.54, 1.807) is 4.90 Å². The second-order valence-corrected chi connectivity index (χ2v) is 10.0. The van der Waals surface area contributed by atoms with Crippen LogP contribution in [-0.4, -0.2) is 71.8 Å². The molecule has 2 aromatic carbocycles. The smallest absolute Gasteiger partial charge is 0.242 e. The largest absolute Gasteiger partial charge is 0.338 e.